The zero-order valence-corrected chi connectivity index (χ0v) is 10.6. The average Bonchev–Trinajstić information content (AvgIpc) is 3.10. The van der Waals surface area contributed by atoms with Gasteiger partial charge in [0.2, 0.25) is 5.82 Å². The van der Waals surface area contributed by atoms with Crippen molar-refractivity contribution in [2.45, 2.75) is 19.8 Å². The van der Waals surface area contributed by atoms with Crippen molar-refractivity contribution >= 4 is 11.3 Å². The molecule has 0 unspecified atom stereocenters. The number of H-pyrrole nitrogens is 1. The maximum atomic E-state index is 5.19. The molecule has 3 rings (SSSR count). The Labute approximate surface area is 106 Å². The first-order valence-electron chi connectivity index (χ1n) is 5.39. The van der Waals surface area contributed by atoms with Gasteiger partial charge in [0.25, 0.3) is 5.89 Å². The summed E-state index contributed by atoms with van der Waals surface area (Å²) in [6.07, 6.45) is 3.15. The molecule has 0 bridgehead atoms. The van der Waals surface area contributed by atoms with Gasteiger partial charge >= 0.3 is 0 Å². The minimum Gasteiger partial charge on any atom is -0.333 e. The molecule has 0 aliphatic heterocycles. The fourth-order valence-electron chi connectivity index (χ4n) is 1.39. The lowest BCUT2D eigenvalue weighted by molar-refractivity contribution is 0.432. The molecule has 8 heteroatoms. The Kier molecular flexibility index (Phi) is 2.63. The van der Waals surface area contributed by atoms with Crippen LogP contribution >= 0.6 is 11.3 Å². The maximum Gasteiger partial charge on any atom is 0.270 e. The van der Waals surface area contributed by atoms with Crippen molar-refractivity contribution < 1.29 is 4.52 Å². The van der Waals surface area contributed by atoms with Crippen molar-refractivity contribution in [3.8, 4) is 22.4 Å². The van der Waals surface area contributed by atoms with Crippen molar-refractivity contribution in [3.05, 3.63) is 17.5 Å². The molecule has 3 aromatic heterocycles. The first kappa shape index (κ1) is 11.0. The number of hydrogen-bond donors (Lipinski definition) is 1. The molecule has 3 aromatic rings. The molecule has 0 aliphatic carbocycles. The van der Waals surface area contributed by atoms with E-state index in [4.69, 9.17) is 4.52 Å². The molecule has 18 heavy (non-hydrogen) atoms. The van der Waals surface area contributed by atoms with E-state index in [1.165, 1.54) is 6.33 Å². The fraction of sp³-hybridized carbons (Fsp3) is 0.300. The van der Waals surface area contributed by atoms with Gasteiger partial charge in [0, 0.05) is 5.92 Å². The summed E-state index contributed by atoms with van der Waals surface area (Å²) in [5.41, 5.74) is 0. The smallest absolute Gasteiger partial charge is 0.270 e. The van der Waals surface area contributed by atoms with Crippen LogP contribution in [-0.2, 0) is 0 Å². The summed E-state index contributed by atoms with van der Waals surface area (Å²) in [4.78, 5) is 13.4. The Morgan fingerprint density at radius 2 is 2.22 bits per heavy atom. The molecule has 3 heterocycles. The molecule has 0 amide bonds. The summed E-state index contributed by atoms with van der Waals surface area (Å²) in [6.45, 7) is 4.19. The Morgan fingerprint density at radius 1 is 1.33 bits per heavy atom. The number of aromatic amines is 1. The topological polar surface area (TPSA) is 93.4 Å². The van der Waals surface area contributed by atoms with E-state index in [0.29, 0.717) is 23.5 Å². The second-order valence-corrected chi connectivity index (χ2v) is 5.04. The van der Waals surface area contributed by atoms with Gasteiger partial charge in [-0.05, 0) is 0 Å². The van der Waals surface area contributed by atoms with E-state index >= 15 is 0 Å². The van der Waals surface area contributed by atoms with E-state index in [9.17, 15) is 0 Å². The Hall–Kier alpha value is -2.09. The average molecular weight is 262 g/mol. The van der Waals surface area contributed by atoms with Crippen LogP contribution in [0.3, 0.4) is 0 Å². The van der Waals surface area contributed by atoms with Gasteiger partial charge in [-0.15, -0.1) is 11.3 Å². The zero-order chi connectivity index (χ0) is 12.5. The van der Waals surface area contributed by atoms with Gasteiger partial charge in [0.15, 0.2) is 5.82 Å². The highest BCUT2D eigenvalue weighted by Gasteiger charge is 2.15. The molecule has 0 saturated heterocycles. The van der Waals surface area contributed by atoms with Crippen LogP contribution < -0.4 is 0 Å². The molecule has 0 aromatic carbocycles. The normalized spacial score (nSPS) is 11.3. The van der Waals surface area contributed by atoms with E-state index in [-0.39, 0.29) is 0 Å². The van der Waals surface area contributed by atoms with E-state index in [0.717, 1.165) is 9.88 Å². The number of hydrogen-bond acceptors (Lipinski definition) is 7. The van der Waals surface area contributed by atoms with Crippen molar-refractivity contribution in [1.82, 2.24) is 30.3 Å². The summed E-state index contributed by atoms with van der Waals surface area (Å²) in [5, 5.41) is 11.3. The third-order valence-electron chi connectivity index (χ3n) is 2.28. The van der Waals surface area contributed by atoms with Gasteiger partial charge in [0.1, 0.15) is 11.2 Å². The number of nitrogens with one attached hydrogen (secondary N) is 1. The minimum absolute atomic E-state index is 0.389. The van der Waals surface area contributed by atoms with Crippen LogP contribution in [0.15, 0.2) is 17.0 Å². The second kappa shape index (κ2) is 4.30. The number of rotatable bonds is 3. The lowest BCUT2D eigenvalue weighted by Gasteiger charge is -1.94. The Balaban J connectivity index is 1.93. The van der Waals surface area contributed by atoms with E-state index in [1.807, 2.05) is 0 Å². The summed E-state index contributed by atoms with van der Waals surface area (Å²) in [5.74, 6) is 1.71. The van der Waals surface area contributed by atoms with Crippen LogP contribution in [0.1, 0.15) is 24.8 Å². The summed E-state index contributed by atoms with van der Waals surface area (Å²) >= 11 is 1.55. The lowest BCUT2D eigenvalue weighted by atomic mass is 10.2. The highest BCUT2D eigenvalue weighted by Crippen LogP contribution is 2.29. The number of thiazole rings is 1. The number of nitrogens with zero attached hydrogens (tertiary/aromatic N) is 5. The first-order chi connectivity index (χ1) is 8.74. The summed E-state index contributed by atoms with van der Waals surface area (Å²) < 4.78 is 5.19. The van der Waals surface area contributed by atoms with Crippen LogP contribution in [-0.4, -0.2) is 30.3 Å². The minimum atomic E-state index is 0.389. The lowest BCUT2D eigenvalue weighted by Crippen LogP contribution is -1.82. The standard InChI is InChI=1S/C10H10N6OS/c1-5(2)10-11-3-6(18-10)9-14-8(16-17-9)7-12-4-13-15-7/h3-5H,1-2H3,(H,12,13,15). The van der Waals surface area contributed by atoms with E-state index in [2.05, 4.69) is 44.2 Å². The molecule has 0 atom stereocenters. The summed E-state index contributed by atoms with van der Waals surface area (Å²) in [6, 6.07) is 0. The van der Waals surface area contributed by atoms with Crippen LogP contribution in [0, 0.1) is 0 Å². The van der Waals surface area contributed by atoms with Gasteiger partial charge < -0.3 is 4.52 Å². The van der Waals surface area contributed by atoms with Crippen LogP contribution in [0.4, 0.5) is 0 Å². The van der Waals surface area contributed by atoms with Crippen molar-refractivity contribution in [2.75, 3.05) is 0 Å². The van der Waals surface area contributed by atoms with Crippen LogP contribution in [0.2, 0.25) is 0 Å². The van der Waals surface area contributed by atoms with Crippen LogP contribution in [0.5, 0.6) is 0 Å². The monoisotopic (exact) mass is 262 g/mol. The summed E-state index contributed by atoms with van der Waals surface area (Å²) in [7, 11) is 0. The predicted octanol–water partition coefficient (Wildman–Crippen LogP) is 2.10. The van der Waals surface area contributed by atoms with Crippen molar-refractivity contribution in [1.29, 1.82) is 0 Å². The Bertz CT molecular complexity index is 641. The van der Waals surface area contributed by atoms with E-state index < -0.39 is 0 Å². The third-order valence-corrected chi connectivity index (χ3v) is 3.57. The molecule has 0 spiro atoms. The largest absolute Gasteiger partial charge is 0.333 e. The molecule has 0 saturated carbocycles. The highest BCUT2D eigenvalue weighted by atomic mass is 32.1. The highest BCUT2D eigenvalue weighted by molar-refractivity contribution is 7.15. The van der Waals surface area contributed by atoms with Gasteiger partial charge in [-0.2, -0.15) is 10.1 Å². The molecule has 0 aliphatic rings. The molecule has 7 nitrogen and oxygen atoms in total. The quantitative estimate of drug-likeness (QED) is 0.776. The number of aromatic nitrogens is 6. The van der Waals surface area contributed by atoms with Crippen LogP contribution in [0.25, 0.3) is 22.4 Å². The van der Waals surface area contributed by atoms with Crippen molar-refractivity contribution in [2.24, 2.45) is 0 Å². The van der Waals surface area contributed by atoms with Gasteiger partial charge in [-0.25, -0.2) is 9.97 Å². The fourth-order valence-corrected chi connectivity index (χ4v) is 2.23. The molecule has 1 N–H and O–H groups in total. The zero-order valence-electron chi connectivity index (χ0n) is 9.78. The first-order valence-corrected chi connectivity index (χ1v) is 6.21. The molecule has 0 radical (unpaired) electrons. The Morgan fingerprint density at radius 3 is 2.89 bits per heavy atom. The SMILES string of the molecule is CC(C)c1ncc(-c2nc(-c3ncn[nH]3)no2)s1. The molecule has 92 valence electrons. The third kappa shape index (κ3) is 1.90. The molecular formula is C10H10N6OS. The molecule has 0 fully saturated rings. The maximum absolute atomic E-state index is 5.19. The van der Waals surface area contributed by atoms with Gasteiger partial charge in [0.05, 0.1) is 11.2 Å². The van der Waals surface area contributed by atoms with E-state index in [1.54, 1.807) is 17.5 Å². The van der Waals surface area contributed by atoms with Gasteiger partial charge in [-0.1, -0.05) is 19.0 Å². The van der Waals surface area contributed by atoms with Crippen molar-refractivity contribution in [3.63, 3.8) is 0 Å². The molecular weight excluding hydrogens is 252 g/mol. The van der Waals surface area contributed by atoms with Gasteiger partial charge in [-0.3, -0.25) is 5.10 Å². The second-order valence-electron chi connectivity index (χ2n) is 3.97. The predicted molar refractivity (Wildman–Crippen MR) is 64.9 cm³/mol.